The second kappa shape index (κ2) is 3.40. The highest BCUT2D eigenvalue weighted by Crippen LogP contribution is 2.28. The molecule has 0 N–H and O–H groups in total. The van der Waals surface area contributed by atoms with E-state index in [4.69, 9.17) is 0 Å². The standard InChI is InChI=1S/C10H18Si/c1-8(2)9-6-5-7-10(9)11(3)4/h5-9,11H,1-4H3. The molecule has 0 aromatic carbocycles. The summed E-state index contributed by atoms with van der Waals surface area (Å²) in [6.07, 6.45) is 6.92. The van der Waals surface area contributed by atoms with Gasteiger partial charge in [0, 0.05) is 0 Å². The van der Waals surface area contributed by atoms with Crippen molar-refractivity contribution in [3.8, 4) is 0 Å². The van der Waals surface area contributed by atoms with Gasteiger partial charge in [-0.2, -0.15) is 0 Å². The summed E-state index contributed by atoms with van der Waals surface area (Å²) in [6, 6.07) is 0. The lowest BCUT2D eigenvalue weighted by molar-refractivity contribution is 0.546. The molecule has 0 aromatic heterocycles. The first-order valence-electron chi connectivity index (χ1n) is 4.51. The van der Waals surface area contributed by atoms with Crippen LogP contribution in [0.2, 0.25) is 13.1 Å². The molecular formula is C10H18Si. The molecule has 0 saturated heterocycles. The molecule has 0 heterocycles. The molecule has 0 aliphatic heterocycles. The number of hydrogen-bond donors (Lipinski definition) is 0. The van der Waals surface area contributed by atoms with Crippen LogP contribution in [0.15, 0.2) is 23.4 Å². The Kier molecular flexibility index (Phi) is 2.71. The fraction of sp³-hybridized carbons (Fsp3) is 0.600. The van der Waals surface area contributed by atoms with E-state index in [-0.39, 0.29) is 0 Å². The second-order valence-electron chi connectivity index (χ2n) is 3.98. The maximum Gasteiger partial charge on any atom is 0.0603 e. The Bertz CT molecular complexity index is 187. The highest BCUT2D eigenvalue weighted by molar-refractivity contribution is 6.64. The Morgan fingerprint density at radius 2 is 2.00 bits per heavy atom. The van der Waals surface area contributed by atoms with Crippen LogP contribution in [0.4, 0.5) is 0 Å². The average molecular weight is 166 g/mol. The predicted molar refractivity (Wildman–Crippen MR) is 54.4 cm³/mol. The number of hydrogen-bond acceptors (Lipinski definition) is 0. The largest absolute Gasteiger partial charge is 0.0777 e. The molecule has 1 aliphatic rings. The third-order valence-corrected chi connectivity index (χ3v) is 4.29. The van der Waals surface area contributed by atoms with Crippen LogP contribution in [0.5, 0.6) is 0 Å². The fourth-order valence-electron chi connectivity index (χ4n) is 1.69. The van der Waals surface area contributed by atoms with Gasteiger partial charge in [0.05, 0.1) is 8.80 Å². The Balaban J connectivity index is 2.69. The van der Waals surface area contributed by atoms with E-state index >= 15 is 0 Å². The van der Waals surface area contributed by atoms with Crippen LogP contribution >= 0.6 is 0 Å². The molecule has 11 heavy (non-hydrogen) atoms. The number of allylic oxidation sites excluding steroid dienone is 4. The molecule has 0 radical (unpaired) electrons. The van der Waals surface area contributed by atoms with E-state index < -0.39 is 8.80 Å². The molecule has 1 unspecified atom stereocenters. The van der Waals surface area contributed by atoms with E-state index in [1.54, 1.807) is 5.20 Å². The van der Waals surface area contributed by atoms with Crippen molar-refractivity contribution in [3.05, 3.63) is 23.4 Å². The molecule has 0 fully saturated rings. The Morgan fingerprint density at radius 1 is 1.36 bits per heavy atom. The molecule has 1 heteroatoms. The van der Waals surface area contributed by atoms with Gasteiger partial charge in [-0.05, 0) is 11.8 Å². The van der Waals surface area contributed by atoms with Crippen molar-refractivity contribution in [2.24, 2.45) is 11.8 Å². The summed E-state index contributed by atoms with van der Waals surface area (Å²) >= 11 is 0. The first kappa shape index (κ1) is 8.79. The van der Waals surface area contributed by atoms with E-state index in [0.717, 1.165) is 11.8 Å². The van der Waals surface area contributed by atoms with Crippen molar-refractivity contribution >= 4 is 8.80 Å². The highest BCUT2D eigenvalue weighted by atomic mass is 28.3. The summed E-state index contributed by atoms with van der Waals surface area (Å²) in [6.45, 7) is 9.44. The topological polar surface area (TPSA) is 0 Å². The van der Waals surface area contributed by atoms with E-state index in [1.165, 1.54) is 0 Å². The first-order chi connectivity index (χ1) is 5.13. The smallest absolute Gasteiger partial charge is 0.0603 e. The minimum Gasteiger partial charge on any atom is -0.0777 e. The minimum atomic E-state index is -0.538. The lowest BCUT2D eigenvalue weighted by Gasteiger charge is -2.19. The van der Waals surface area contributed by atoms with E-state index in [1.807, 2.05) is 0 Å². The zero-order valence-electron chi connectivity index (χ0n) is 7.96. The quantitative estimate of drug-likeness (QED) is 0.553. The van der Waals surface area contributed by atoms with Crippen molar-refractivity contribution in [2.45, 2.75) is 26.9 Å². The summed E-state index contributed by atoms with van der Waals surface area (Å²) in [7, 11) is -0.538. The number of rotatable bonds is 2. The molecule has 0 spiro atoms. The zero-order valence-corrected chi connectivity index (χ0v) is 9.12. The molecule has 0 saturated carbocycles. The summed E-state index contributed by atoms with van der Waals surface area (Å²) in [5, 5.41) is 1.74. The van der Waals surface area contributed by atoms with Gasteiger partial charge in [0.2, 0.25) is 0 Å². The van der Waals surface area contributed by atoms with Gasteiger partial charge in [-0.25, -0.2) is 0 Å². The first-order valence-corrected chi connectivity index (χ1v) is 7.40. The van der Waals surface area contributed by atoms with Crippen molar-refractivity contribution in [1.29, 1.82) is 0 Å². The summed E-state index contributed by atoms with van der Waals surface area (Å²) in [5.41, 5.74) is 0. The molecule has 0 amide bonds. The predicted octanol–water partition coefficient (Wildman–Crippen LogP) is 2.78. The van der Waals surface area contributed by atoms with E-state index in [0.29, 0.717) is 0 Å². The Morgan fingerprint density at radius 3 is 2.36 bits per heavy atom. The molecule has 1 aliphatic carbocycles. The van der Waals surface area contributed by atoms with Crippen LogP contribution in [-0.4, -0.2) is 8.80 Å². The van der Waals surface area contributed by atoms with Crippen LogP contribution in [0, 0.1) is 11.8 Å². The van der Waals surface area contributed by atoms with Gasteiger partial charge in [0.15, 0.2) is 0 Å². The normalized spacial score (nSPS) is 23.5. The lowest BCUT2D eigenvalue weighted by atomic mass is 9.98. The average Bonchev–Trinajstić information content (AvgIpc) is 2.32. The molecule has 0 nitrogen and oxygen atoms in total. The summed E-state index contributed by atoms with van der Waals surface area (Å²) < 4.78 is 0. The van der Waals surface area contributed by atoms with Crippen LogP contribution < -0.4 is 0 Å². The van der Waals surface area contributed by atoms with Gasteiger partial charge >= 0.3 is 0 Å². The van der Waals surface area contributed by atoms with Crippen LogP contribution in [0.3, 0.4) is 0 Å². The van der Waals surface area contributed by atoms with Gasteiger partial charge in [-0.15, -0.1) is 0 Å². The second-order valence-corrected chi connectivity index (χ2v) is 6.95. The van der Waals surface area contributed by atoms with Gasteiger partial charge < -0.3 is 0 Å². The van der Waals surface area contributed by atoms with Gasteiger partial charge in [0.25, 0.3) is 0 Å². The third kappa shape index (κ3) is 1.83. The van der Waals surface area contributed by atoms with Crippen molar-refractivity contribution in [1.82, 2.24) is 0 Å². The van der Waals surface area contributed by atoms with Gasteiger partial charge in [-0.3, -0.25) is 0 Å². The maximum absolute atomic E-state index is 2.41. The molecule has 62 valence electrons. The van der Waals surface area contributed by atoms with Crippen LogP contribution in [0.25, 0.3) is 0 Å². The molecule has 0 aromatic rings. The minimum absolute atomic E-state index is 0.538. The van der Waals surface area contributed by atoms with Gasteiger partial charge in [-0.1, -0.05) is 50.4 Å². The van der Waals surface area contributed by atoms with Crippen molar-refractivity contribution in [2.75, 3.05) is 0 Å². The zero-order chi connectivity index (χ0) is 8.43. The molecule has 0 bridgehead atoms. The van der Waals surface area contributed by atoms with Crippen molar-refractivity contribution < 1.29 is 0 Å². The molecule has 1 atom stereocenters. The summed E-state index contributed by atoms with van der Waals surface area (Å²) in [5.74, 6) is 1.55. The SMILES string of the molecule is CC(C)C1C=CC=C1[SiH](C)C. The third-order valence-electron chi connectivity index (χ3n) is 2.38. The van der Waals surface area contributed by atoms with Gasteiger partial charge in [0.1, 0.15) is 0 Å². The van der Waals surface area contributed by atoms with Crippen LogP contribution in [-0.2, 0) is 0 Å². The highest BCUT2D eigenvalue weighted by Gasteiger charge is 2.20. The monoisotopic (exact) mass is 166 g/mol. The Hall–Kier alpha value is -0.303. The van der Waals surface area contributed by atoms with E-state index in [2.05, 4.69) is 45.2 Å². The van der Waals surface area contributed by atoms with E-state index in [9.17, 15) is 0 Å². The lowest BCUT2D eigenvalue weighted by Crippen LogP contribution is -2.16. The summed E-state index contributed by atoms with van der Waals surface area (Å²) in [4.78, 5) is 0. The molecular weight excluding hydrogens is 148 g/mol. The Labute approximate surface area is 71.6 Å². The van der Waals surface area contributed by atoms with Crippen molar-refractivity contribution in [3.63, 3.8) is 0 Å². The molecule has 1 rings (SSSR count). The van der Waals surface area contributed by atoms with Crippen LogP contribution in [0.1, 0.15) is 13.8 Å². The maximum atomic E-state index is 2.41. The fourth-order valence-corrected chi connectivity index (χ4v) is 3.45.